The molecule has 0 bridgehead atoms. The van der Waals surface area contributed by atoms with Crippen molar-refractivity contribution in [2.45, 2.75) is 12.3 Å². The van der Waals surface area contributed by atoms with E-state index in [0.29, 0.717) is 6.42 Å². The summed E-state index contributed by atoms with van der Waals surface area (Å²) in [5, 5.41) is 3.28. The number of rotatable bonds is 3. The van der Waals surface area contributed by atoms with Crippen LogP contribution in [0.5, 0.6) is 0 Å². The summed E-state index contributed by atoms with van der Waals surface area (Å²) in [4.78, 5) is 17.3. The van der Waals surface area contributed by atoms with Crippen molar-refractivity contribution in [1.29, 1.82) is 0 Å². The maximum atomic E-state index is 12.2. The van der Waals surface area contributed by atoms with Gasteiger partial charge in [-0.05, 0) is 11.6 Å². The Balaban J connectivity index is 1.80. The summed E-state index contributed by atoms with van der Waals surface area (Å²) in [6.07, 6.45) is 2.27. The van der Waals surface area contributed by atoms with Crippen molar-refractivity contribution in [2.24, 2.45) is 0 Å². The SMILES string of the molecule is O=C(Cc1cncs1)C1CNc2ccccc21. The van der Waals surface area contributed by atoms with Gasteiger partial charge in [0.25, 0.3) is 0 Å². The van der Waals surface area contributed by atoms with E-state index in [9.17, 15) is 4.79 Å². The molecular weight excluding hydrogens is 232 g/mol. The van der Waals surface area contributed by atoms with E-state index in [4.69, 9.17) is 0 Å². The molecule has 0 aliphatic carbocycles. The van der Waals surface area contributed by atoms with Gasteiger partial charge in [-0.25, -0.2) is 0 Å². The quantitative estimate of drug-likeness (QED) is 0.901. The van der Waals surface area contributed by atoms with Gasteiger partial charge in [-0.3, -0.25) is 9.78 Å². The zero-order valence-corrected chi connectivity index (χ0v) is 10.0. The molecule has 3 rings (SSSR count). The van der Waals surface area contributed by atoms with Crippen molar-refractivity contribution < 1.29 is 4.79 Å². The topological polar surface area (TPSA) is 42.0 Å². The highest BCUT2D eigenvalue weighted by Gasteiger charge is 2.27. The minimum absolute atomic E-state index is 0.00620. The Bertz CT molecular complexity index is 536. The fourth-order valence-corrected chi connectivity index (χ4v) is 2.80. The molecule has 1 aromatic carbocycles. The van der Waals surface area contributed by atoms with Crippen LogP contribution in [-0.4, -0.2) is 17.3 Å². The van der Waals surface area contributed by atoms with Gasteiger partial charge in [0, 0.05) is 29.7 Å². The molecule has 86 valence electrons. The Hall–Kier alpha value is -1.68. The molecule has 0 radical (unpaired) electrons. The zero-order chi connectivity index (χ0) is 11.7. The van der Waals surface area contributed by atoms with Gasteiger partial charge in [-0.2, -0.15) is 0 Å². The number of anilines is 1. The summed E-state index contributed by atoms with van der Waals surface area (Å²) in [6.45, 7) is 0.719. The summed E-state index contributed by atoms with van der Waals surface area (Å²) in [5.74, 6) is 0.264. The number of thiazole rings is 1. The molecule has 1 aromatic heterocycles. The molecule has 0 saturated heterocycles. The number of nitrogens with zero attached hydrogens (tertiary/aromatic N) is 1. The van der Waals surface area contributed by atoms with Gasteiger partial charge in [0.15, 0.2) is 0 Å². The highest BCUT2D eigenvalue weighted by molar-refractivity contribution is 7.09. The number of hydrogen-bond donors (Lipinski definition) is 1. The molecule has 0 fully saturated rings. The van der Waals surface area contributed by atoms with Crippen molar-refractivity contribution in [3.05, 3.63) is 46.4 Å². The lowest BCUT2D eigenvalue weighted by Crippen LogP contribution is -2.16. The lowest BCUT2D eigenvalue weighted by Gasteiger charge is -2.07. The summed E-state index contributed by atoms with van der Waals surface area (Å²) < 4.78 is 0. The predicted octanol–water partition coefficient (Wildman–Crippen LogP) is 2.46. The van der Waals surface area contributed by atoms with Crippen LogP contribution in [0.2, 0.25) is 0 Å². The monoisotopic (exact) mass is 244 g/mol. The maximum absolute atomic E-state index is 12.2. The second-order valence-electron chi connectivity index (χ2n) is 4.13. The lowest BCUT2D eigenvalue weighted by molar-refractivity contribution is -0.119. The number of carbonyl (C=O) groups is 1. The molecule has 2 heterocycles. The highest BCUT2D eigenvalue weighted by Crippen LogP contribution is 2.32. The van der Waals surface area contributed by atoms with E-state index in [-0.39, 0.29) is 11.7 Å². The number of benzene rings is 1. The fourth-order valence-electron chi connectivity index (χ4n) is 2.20. The Kier molecular flexibility index (Phi) is 2.65. The van der Waals surface area contributed by atoms with Crippen LogP contribution in [-0.2, 0) is 11.2 Å². The number of carbonyl (C=O) groups excluding carboxylic acids is 1. The molecule has 0 saturated carbocycles. The minimum Gasteiger partial charge on any atom is -0.384 e. The molecule has 0 spiro atoms. The molecule has 0 amide bonds. The first-order chi connectivity index (χ1) is 8.34. The number of para-hydroxylation sites is 1. The first-order valence-electron chi connectivity index (χ1n) is 5.57. The zero-order valence-electron chi connectivity index (χ0n) is 9.22. The smallest absolute Gasteiger partial charge is 0.147 e. The van der Waals surface area contributed by atoms with Crippen LogP contribution in [0, 0.1) is 0 Å². The van der Waals surface area contributed by atoms with Gasteiger partial charge < -0.3 is 5.32 Å². The van der Waals surface area contributed by atoms with E-state index >= 15 is 0 Å². The van der Waals surface area contributed by atoms with Gasteiger partial charge in [0.05, 0.1) is 11.4 Å². The van der Waals surface area contributed by atoms with Gasteiger partial charge >= 0.3 is 0 Å². The average Bonchev–Trinajstić information content (AvgIpc) is 2.96. The number of nitrogens with one attached hydrogen (secondary N) is 1. The second kappa shape index (κ2) is 4.30. The second-order valence-corrected chi connectivity index (χ2v) is 5.10. The van der Waals surface area contributed by atoms with E-state index in [2.05, 4.69) is 10.3 Å². The van der Waals surface area contributed by atoms with Gasteiger partial charge in [-0.15, -0.1) is 11.3 Å². The van der Waals surface area contributed by atoms with E-state index < -0.39 is 0 Å². The summed E-state index contributed by atoms with van der Waals surface area (Å²) >= 11 is 1.54. The molecule has 17 heavy (non-hydrogen) atoms. The molecule has 1 aliphatic heterocycles. The van der Waals surface area contributed by atoms with Gasteiger partial charge in [0.2, 0.25) is 0 Å². The van der Waals surface area contributed by atoms with Crippen LogP contribution in [0.1, 0.15) is 16.4 Å². The minimum atomic E-state index is -0.00620. The van der Waals surface area contributed by atoms with Crippen molar-refractivity contribution in [2.75, 3.05) is 11.9 Å². The van der Waals surface area contributed by atoms with Gasteiger partial charge in [-0.1, -0.05) is 18.2 Å². The number of fused-ring (bicyclic) bond motifs is 1. The predicted molar refractivity (Wildman–Crippen MR) is 68.5 cm³/mol. The van der Waals surface area contributed by atoms with Crippen LogP contribution >= 0.6 is 11.3 Å². The van der Waals surface area contributed by atoms with Gasteiger partial charge in [0.1, 0.15) is 5.78 Å². The third kappa shape index (κ3) is 1.96. The Morgan fingerprint density at radius 2 is 2.35 bits per heavy atom. The molecule has 4 heteroatoms. The Morgan fingerprint density at radius 1 is 1.47 bits per heavy atom. The average molecular weight is 244 g/mol. The number of ketones is 1. The summed E-state index contributed by atoms with van der Waals surface area (Å²) in [5.41, 5.74) is 3.99. The first kappa shape index (κ1) is 10.5. The van der Waals surface area contributed by atoms with Crippen molar-refractivity contribution >= 4 is 22.8 Å². The first-order valence-corrected chi connectivity index (χ1v) is 6.45. The number of aromatic nitrogens is 1. The van der Waals surface area contributed by atoms with Crippen LogP contribution in [0.25, 0.3) is 0 Å². The van der Waals surface area contributed by atoms with Crippen LogP contribution in [0.3, 0.4) is 0 Å². The van der Waals surface area contributed by atoms with E-state index in [0.717, 1.165) is 22.7 Å². The number of Topliss-reactive ketones (excluding diaryl/α,β-unsaturated/α-hetero) is 1. The van der Waals surface area contributed by atoms with Crippen molar-refractivity contribution in [1.82, 2.24) is 4.98 Å². The molecule has 2 aromatic rings. The van der Waals surface area contributed by atoms with Crippen LogP contribution in [0.4, 0.5) is 5.69 Å². The highest BCUT2D eigenvalue weighted by atomic mass is 32.1. The third-order valence-electron chi connectivity index (χ3n) is 3.05. The third-order valence-corrected chi connectivity index (χ3v) is 3.83. The summed E-state index contributed by atoms with van der Waals surface area (Å²) in [7, 11) is 0. The molecular formula is C13H12N2OS. The standard InChI is InChI=1S/C13H12N2OS/c16-13(5-9-6-14-8-17-9)11-7-15-12-4-2-1-3-10(11)12/h1-4,6,8,11,15H,5,7H2. The molecule has 1 atom stereocenters. The molecule has 3 nitrogen and oxygen atoms in total. The van der Waals surface area contributed by atoms with Crippen molar-refractivity contribution in [3.63, 3.8) is 0 Å². The molecule has 1 N–H and O–H groups in total. The fraction of sp³-hybridized carbons (Fsp3) is 0.231. The Labute approximate surface area is 104 Å². The summed E-state index contributed by atoms with van der Waals surface area (Å²) in [6, 6.07) is 8.03. The Morgan fingerprint density at radius 3 is 3.18 bits per heavy atom. The molecule has 1 aliphatic rings. The van der Waals surface area contributed by atoms with E-state index in [1.54, 1.807) is 11.7 Å². The van der Waals surface area contributed by atoms with Crippen LogP contribution in [0.15, 0.2) is 36.0 Å². The molecule has 1 unspecified atom stereocenters. The normalized spacial score (nSPS) is 17.5. The van der Waals surface area contributed by atoms with Crippen LogP contribution < -0.4 is 5.32 Å². The number of hydrogen-bond acceptors (Lipinski definition) is 4. The van der Waals surface area contributed by atoms with Crippen molar-refractivity contribution in [3.8, 4) is 0 Å². The van der Waals surface area contributed by atoms with E-state index in [1.165, 1.54) is 11.3 Å². The lowest BCUT2D eigenvalue weighted by atomic mass is 9.95. The van der Waals surface area contributed by atoms with E-state index in [1.807, 2.05) is 24.3 Å². The maximum Gasteiger partial charge on any atom is 0.147 e. The largest absolute Gasteiger partial charge is 0.384 e.